The van der Waals surface area contributed by atoms with Gasteiger partial charge in [-0.05, 0) is 55.0 Å². The molecule has 8 heteroatoms. The number of carbonyl (C=O) groups is 3. The number of anilines is 1. The van der Waals surface area contributed by atoms with Crippen LogP contribution in [-0.2, 0) is 9.59 Å². The van der Waals surface area contributed by atoms with Gasteiger partial charge in [0.25, 0.3) is 5.91 Å². The van der Waals surface area contributed by atoms with Crippen LogP contribution in [0.4, 0.5) is 5.69 Å². The SMILES string of the molecule is Cc1cc(NC(=O)CNC(=O)CCNC(=O)c2ccc(Cl)cc2)ccc1Br. The maximum absolute atomic E-state index is 11.9. The third kappa shape index (κ3) is 7.03. The van der Waals surface area contributed by atoms with Crippen LogP contribution < -0.4 is 16.0 Å². The van der Waals surface area contributed by atoms with E-state index in [9.17, 15) is 14.4 Å². The molecule has 0 aliphatic rings. The molecular weight excluding hydrogens is 434 g/mol. The third-order valence-electron chi connectivity index (χ3n) is 3.63. The van der Waals surface area contributed by atoms with E-state index in [1.165, 1.54) is 0 Å². The number of aryl methyl sites for hydroxylation is 1. The number of hydrogen-bond acceptors (Lipinski definition) is 3. The van der Waals surface area contributed by atoms with Crippen LogP contribution in [0, 0.1) is 6.92 Å². The largest absolute Gasteiger partial charge is 0.352 e. The molecule has 0 atom stereocenters. The van der Waals surface area contributed by atoms with E-state index >= 15 is 0 Å². The van der Waals surface area contributed by atoms with Gasteiger partial charge in [-0.1, -0.05) is 27.5 Å². The first-order valence-corrected chi connectivity index (χ1v) is 9.38. The smallest absolute Gasteiger partial charge is 0.251 e. The lowest BCUT2D eigenvalue weighted by Gasteiger charge is -2.09. The van der Waals surface area contributed by atoms with E-state index in [2.05, 4.69) is 31.9 Å². The minimum absolute atomic E-state index is 0.0734. The Morgan fingerprint density at radius 3 is 2.37 bits per heavy atom. The number of nitrogens with one attached hydrogen (secondary N) is 3. The Labute approximate surface area is 170 Å². The summed E-state index contributed by atoms with van der Waals surface area (Å²) in [5, 5.41) is 8.42. The van der Waals surface area contributed by atoms with Crippen LogP contribution in [0.1, 0.15) is 22.3 Å². The van der Waals surface area contributed by atoms with E-state index in [0.717, 1.165) is 10.0 Å². The molecule has 0 aliphatic carbocycles. The molecule has 0 radical (unpaired) electrons. The molecule has 2 aromatic carbocycles. The van der Waals surface area contributed by atoms with Gasteiger partial charge < -0.3 is 16.0 Å². The van der Waals surface area contributed by atoms with Gasteiger partial charge in [-0.3, -0.25) is 14.4 Å². The molecule has 2 aromatic rings. The average Bonchev–Trinajstić information content (AvgIpc) is 2.63. The lowest BCUT2D eigenvalue weighted by atomic mass is 10.2. The number of carbonyl (C=O) groups excluding carboxylic acids is 3. The predicted molar refractivity (Wildman–Crippen MR) is 109 cm³/mol. The summed E-state index contributed by atoms with van der Waals surface area (Å²) in [5.74, 6) is -0.938. The van der Waals surface area contributed by atoms with Gasteiger partial charge in [0.05, 0.1) is 6.54 Å². The highest BCUT2D eigenvalue weighted by molar-refractivity contribution is 9.10. The molecule has 2 rings (SSSR count). The second-order valence-electron chi connectivity index (χ2n) is 5.80. The summed E-state index contributed by atoms with van der Waals surface area (Å²) < 4.78 is 0.953. The standard InChI is InChI=1S/C19H19BrClN3O3/c1-12-10-15(6-7-16(12)20)24-18(26)11-23-17(25)8-9-22-19(27)13-2-4-14(21)5-3-13/h2-7,10H,8-9,11H2,1H3,(H,22,27)(H,23,25)(H,24,26). The zero-order valence-corrected chi connectivity index (χ0v) is 17.0. The molecule has 0 bridgehead atoms. The summed E-state index contributed by atoms with van der Waals surface area (Å²) >= 11 is 9.16. The molecule has 142 valence electrons. The van der Waals surface area contributed by atoms with E-state index in [0.29, 0.717) is 16.3 Å². The van der Waals surface area contributed by atoms with Crippen molar-refractivity contribution in [2.45, 2.75) is 13.3 Å². The molecule has 27 heavy (non-hydrogen) atoms. The van der Waals surface area contributed by atoms with E-state index < -0.39 is 0 Å². The van der Waals surface area contributed by atoms with Crippen LogP contribution in [0.15, 0.2) is 46.9 Å². The van der Waals surface area contributed by atoms with Gasteiger partial charge in [-0.25, -0.2) is 0 Å². The molecule has 0 fully saturated rings. The van der Waals surface area contributed by atoms with Crippen LogP contribution in [0.2, 0.25) is 5.02 Å². The van der Waals surface area contributed by atoms with Gasteiger partial charge in [0.15, 0.2) is 0 Å². The molecule has 3 amide bonds. The minimum Gasteiger partial charge on any atom is -0.352 e. The summed E-state index contributed by atoms with van der Waals surface area (Å²) in [4.78, 5) is 35.6. The van der Waals surface area contributed by atoms with Crippen molar-refractivity contribution >= 4 is 50.9 Å². The van der Waals surface area contributed by atoms with Gasteiger partial charge in [-0.15, -0.1) is 0 Å². The molecule has 6 nitrogen and oxygen atoms in total. The normalized spacial score (nSPS) is 10.2. The third-order valence-corrected chi connectivity index (χ3v) is 4.77. The Kier molecular flexibility index (Phi) is 7.82. The van der Waals surface area contributed by atoms with Crippen molar-refractivity contribution in [3.05, 3.63) is 63.1 Å². The van der Waals surface area contributed by atoms with Crippen LogP contribution in [0.5, 0.6) is 0 Å². The zero-order valence-electron chi connectivity index (χ0n) is 14.6. The minimum atomic E-state index is -0.325. The van der Waals surface area contributed by atoms with Gasteiger partial charge in [0, 0.05) is 33.7 Å². The molecular formula is C19H19BrClN3O3. The van der Waals surface area contributed by atoms with Crippen molar-refractivity contribution in [2.75, 3.05) is 18.4 Å². The van der Waals surface area contributed by atoms with Gasteiger partial charge in [0.2, 0.25) is 11.8 Å². The molecule has 0 saturated carbocycles. The highest BCUT2D eigenvalue weighted by atomic mass is 79.9. The highest BCUT2D eigenvalue weighted by Gasteiger charge is 2.09. The van der Waals surface area contributed by atoms with Crippen molar-refractivity contribution in [1.82, 2.24) is 10.6 Å². The molecule has 0 saturated heterocycles. The quantitative estimate of drug-likeness (QED) is 0.602. The van der Waals surface area contributed by atoms with E-state index in [4.69, 9.17) is 11.6 Å². The molecule has 0 aromatic heterocycles. The van der Waals surface area contributed by atoms with Crippen LogP contribution in [-0.4, -0.2) is 30.8 Å². The van der Waals surface area contributed by atoms with Crippen molar-refractivity contribution in [1.29, 1.82) is 0 Å². The Morgan fingerprint density at radius 1 is 1.00 bits per heavy atom. The maximum atomic E-state index is 11.9. The first kappa shape index (κ1) is 20.9. The summed E-state index contributed by atoms with van der Waals surface area (Å²) in [6.45, 7) is 1.94. The van der Waals surface area contributed by atoms with Gasteiger partial charge in [-0.2, -0.15) is 0 Å². The first-order valence-electron chi connectivity index (χ1n) is 8.21. The van der Waals surface area contributed by atoms with E-state index in [1.807, 2.05) is 19.1 Å². The Hall–Kier alpha value is -2.38. The molecule has 0 unspecified atom stereocenters. The second-order valence-corrected chi connectivity index (χ2v) is 7.09. The summed E-state index contributed by atoms with van der Waals surface area (Å²) in [5.41, 5.74) is 2.11. The number of halogens is 2. The summed E-state index contributed by atoms with van der Waals surface area (Å²) in [6, 6.07) is 11.9. The van der Waals surface area contributed by atoms with E-state index in [1.54, 1.807) is 30.3 Å². The Bertz CT molecular complexity index is 841. The van der Waals surface area contributed by atoms with Crippen LogP contribution in [0.25, 0.3) is 0 Å². The maximum Gasteiger partial charge on any atom is 0.251 e. The topological polar surface area (TPSA) is 87.3 Å². The lowest BCUT2D eigenvalue weighted by molar-refractivity contribution is -0.124. The predicted octanol–water partition coefficient (Wildman–Crippen LogP) is 3.29. The van der Waals surface area contributed by atoms with Gasteiger partial charge in [0.1, 0.15) is 0 Å². The van der Waals surface area contributed by atoms with Gasteiger partial charge >= 0.3 is 0 Å². The zero-order chi connectivity index (χ0) is 19.8. The second kappa shape index (κ2) is 10.1. The lowest BCUT2D eigenvalue weighted by Crippen LogP contribution is -2.35. The molecule has 0 spiro atoms. The number of benzene rings is 2. The summed E-state index contributed by atoms with van der Waals surface area (Å²) in [7, 11) is 0. The van der Waals surface area contributed by atoms with Crippen molar-refractivity contribution in [2.24, 2.45) is 0 Å². The number of amides is 3. The van der Waals surface area contributed by atoms with Crippen LogP contribution in [0.3, 0.4) is 0 Å². The fourth-order valence-electron chi connectivity index (χ4n) is 2.19. The fourth-order valence-corrected chi connectivity index (χ4v) is 2.56. The number of rotatable bonds is 7. The van der Waals surface area contributed by atoms with Crippen molar-refractivity contribution in [3.8, 4) is 0 Å². The Morgan fingerprint density at radius 2 is 1.70 bits per heavy atom. The fraction of sp³-hybridized carbons (Fsp3) is 0.211. The van der Waals surface area contributed by atoms with E-state index in [-0.39, 0.29) is 37.2 Å². The highest BCUT2D eigenvalue weighted by Crippen LogP contribution is 2.19. The Balaban J connectivity index is 1.68. The monoisotopic (exact) mass is 451 g/mol. The average molecular weight is 453 g/mol. The molecule has 3 N–H and O–H groups in total. The summed E-state index contributed by atoms with van der Waals surface area (Å²) in [6.07, 6.45) is 0.0734. The molecule has 0 heterocycles. The van der Waals surface area contributed by atoms with Crippen molar-refractivity contribution < 1.29 is 14.4 Å². The number of hydrogen-bond donors (Lipinski definition) is 3. The van der Waals surface area contributed by atoms with Crippen LogP contribution >= 0.6 is 27.5 Å². The molecule has 0 aliphatic heterocycles. The first-order chi connectivity index (χ1) is 12.8. The van der Waals surface area contributed by atoms with Crippen molar-refractivity contribution in [3.63, 3.8) is 0 Å².